The van der Waals surface area contributed by atoms with Crippen LogP contribution < -0.4 is 5.32 Å². The number of hydrogen-bond acceptors (Lipinski definition) is 3. The molecule has 1 atom stereocenters. The number of rotatable bonds is 5. The molecule has 2 heterocycles. The average Bonchev–Trinajstić information content (AvgIpc) is 2.93. The van der Waals surface area contributed by atoms with Crippen LogP contribution in [0.4, 0.5) is 0 Å². The Bertz CT molecular complexity index is 1060. The van der Waals surface area contributed by atoms with E-state index in [9.17, 15) is 4.79 Å². The van der Waals surface area contributed by atoms with Gasteiger partial charge in [-0.25, -0.2) is 0 Å². The zero-order valence-corrected chi connectivity index (χ0v) is 19.3. The Morgan fingerprint density at radius 3 is 2.29 bits per heavy atom. The molecule has 0 aliphatic carbocycles. The smallest absolute Gasteiger partial charge is 0.287 e. The van der Waals surface area contributed by atoms with Gasteiger partial charge in [-0.3, -0.25) is 9.69 Å². The molecule has 0 saturated carbocycles. The van der Waals surface area contributed by atoms with Crippen molar-refractivity contribution < 1.29 is 9.21 Å². The summed E-state index contributed by atoms with van der Waals surface area (Å²) in [5.41, 5.74) is 6.61. The van der Waals surface area contributed by atoms with Crippen LogP contribution in [0, 0.1) is 27.7 Å². The lowest BCUT2D eigenvalue weighted by molar-refractivity contribution is 0.0907. The minimum absolute atomic E-state index is 0.129. The molecule has 1 aliphatic rings. The van der Waals surface area contributed by atoms with Crippen LogP contribution in [0.1, 0.15) is 70.1 Å². The molecule has 4 nitrogen and oxygen atoms in total. The van der Waals surface area contributed by atoms with Crippen molar-refractivity contribution in [2.45, 2.75) is 59.4 Å². The number of hydrogen-bond donors (Lipinski definition) is 1. The number of fused-ring (bicyclic) bond motifs is 1. The van der Waals surface area contributed by atoms with E-state index in [-0.39, 0.29) is 11.9 Å². The van der Waals surface area contributed by atoms with Crippen LogP contribution >= 0.6 is 0 Å². The number of nitrogens with zero attached hydrogens (tertiary/aromatic N) is 1. The van der Waals surface area contributed by atoms with Crippen molar-refractivity contribution in [3.8, 4) is 0 Å². The third-order valence-corrected chi connectivity index (χ3v) is 6.76. The molecule has 4 rings (SSSR count). The normalized spacial score (nSPS) is 16.3. The molecule has 1 saturated heterocycles. The number of likely N-dealkylation sites (tertiary alicyclic amines) is 1. The van der Waals surface area contributed by atoms with Crippen molar-refractivity contribution in [3.05, 3.63) is 70.0 Å². The predicted octanol–water partition coefficient (Wildman–Crippen LogP) is 6.01. The van der Waals surface area contributed by atoms with Gasteiger partial charge in [0.2, 0.25) is 0 Å². The summed E-state index contributed by atoms with van der Waals surface area (Å²) in [6.45, 7) is 11.0. The molecule has 4 heteroatoms. The Kier molecular flexibility index (Phi) is 6.47. The van der Waals surface area contributed by atoms with Crippen LogP contribution in [-0.4, -0.2) is 30.4 Å². The third-order valence-electron chi connectivity index (χ3n) is 6.76. The van der Waals surface area contributed by atoms with Gasteiger partial charge in [0.05, 0.1) is 6.04 Å². The molecular weight excluding hydrogens is 384 g/mol. The first-order valence-electron chi connectivity index (χ1n) is 11.5. The van der Waals surface area contributed by atoms with E-state index in [1.54, 1.807) is 0 Å². The summed E-state index contributed by atoms with van der Waals surface area (Å²) in [6, 6.07) is 13.1. The number of carbonyl (C=O) groups excluding carboxylic acids is 1. The van der Waals surface area contributed by atoms with Crippen LogP contribution in [0.3, 0.4) is 0 Å². The van der Waals surface area contributed by atoms with Gasteiger partial charge < -0.3 is 9.73 Å². The molecule has 31 heavy (non-hydrogen) atoms. The fourth-order valence-electron chi connectivity index (χ4n) is 4.62. The van der Waals surface area contributed by atoms with E-state index in [0.717, 1.165) is 29.6 Å². The Labute approximate surface area is 185 Å². The summed E-state index contributed by atoms with van der Waals surface area (Å²) in [6.07, 6.45) is 5.02. The van der Waals surface area contributed by atoms with Gasteiger partial charge in [-0.2, -0.15) is 0 Å². The van der Waals surface area contributed by atoms with E-state index < -0.39 is 0 Å². The van der Waals surface area contributed by atoms with E-state index in [2.05, 4.69) is 61.3 Å². The van der Waals surface area contributed by atoms with Gasteiger partial charge in [0.15, 0.2) is 5.76 Å². The molecule has 0 unspecified atom stereocenters. The van der Waals surface area contributed by atoms with Gasteiger partial charge in [-0.15, -0.1) is 0 Å². The fraction of sp³-hybridized carbons (Fsp3) is 0.444. The molecule has 1 aromatic heterocycles. The maximum Gasteiger partial charge on any atom is 0.287 e. The second-order valence-electron chi connectivity index (χ2n) is 9.08. The van der Waals surface area contributed by atoms with Gasteiger partial charge in [0.25, 0.3) is 5.91 Å². The topological polar surface area (TPSA) is 45.5 Å². The maximum absolute atomic E-state index is 13.1. The standard InChI is InChI=1S/C27H34N2O2/c1-18-9-11-22(12-10-18)24(29-13-7-5-6-8-14-29)17-28-27(30)26-21(4)23-15-19(2)20(3)16-25(23)31-26/h9-12,15-16,24H,5-8,13-14,17H2,1-4H3,(H,28,30)/t24-/m0/s1. The number of nitrogens with one attached hydrogen (secondary N) is 1. The number of carbonyl (C=O) groups is 1. The number of amides is 1. The Morgan fingerprint density at radius 1 is 0.968 bits per heavy atom. The first-order valence-corrected chi connectivity index (χ1v) is 11.5. The van der Waals surface area contributed by atoms with E-state index in [1.807, 2.05) is 13.0 Å². The van der Waals surface area contributed by atoms with Crippen molar-refractivity contribution in [1.82, 2.24) is 10.2 Å². The van der Waals surface area contributed by atoms with Crippen molar-refractivity contribution in [1.29, 1.82) is 0 Å². The average molecular weight is 419 g/mol. The number of furan rings is 1. The number of aryl methyl sites for hydroxylation is 4. The van der Waals surface area contributed by atoms with Crippen LogP contribution in [-0.2, 0) is 0 Å². The van der Waals surface area contributed by atoms with E-state index in [1.165, 1.54) is 47.9 Å². The summed E-state index contributed by atoms with van der Waals surface area (Å²) in [5.74, 6) is 0.300. The highest BCUT2D eigenvalue weighted by Gasteiger charge is 2.24. The van der Waals surface area contributed by atoms with Gasteiger partial charge in [0.1, 0.15) is 5.58 Å². The van der Waals surface area contributed by atoms with Gasteiger partial charge in [-0.05, 0) is 82.4 Å². The highest BCUT2D eigenvalue weighted by molar-refractivity contribution is 5.99. The Morgan fingerprint density at radius 2 is 1.61 bits per heavy atom. The summed E-state index contributed by atoms with van der Waals surface area (Å²) < 4.78 is 5.99. The van der Waals surface area contributed by atoms with E-state index in [4.69, 9.17) is 4.42 Å². The number of benzene rings is 2. The van der Waals surface area contributed by atoms with Gasteiger partial charge >= 0.3 is 0 Å². The van der Waals surface area contributed by atoms with Crippen molar-refractivity contribution in [2.75, 3.05) is 19.6 Å². The first-order chi connectivity index (χ1) is 14.9. The molecule has 1 N–H and O–H groups in total. The molecular formula is C27H34N2O2. The molecule has 2 aromatic carbocycles. The molecule has 164 valence electrons. The van der Waals surface area contributed by atoms with Crippen LogP contribution in [0.25, 0.3) is 11.0 Å². The fourth-order valence-corrected chi connectivity index (χ4v) is 4.62. The Balaban J connectivity index is 1.56. The first kappa shape index (κ1) is 21.6. The summed E-state index contributed by atoms with van der Waals surface area (Å²) in [5, 5.41) is 4.21. The highest BCUT2D eigenvalue weighted by atomic mass is 16.3. The van der Waals surface area contributed by atoms with Crippen molar-refractivity contribution >= 4 is 16.9 Å². The van der Waals surface area contributed by atoms with Crippen LogP contribution in [0.2, 0.25) is 0 Å². The third kappa shape index (κ3) is 4.69. The lowest BCUT2D eigenvalue weighted by Crippen LogP contribution is -2.38. The zero-order valence-electron chi connectivity index (χ0n) is 19.3. The second kappa shape index (κ2) is 9.27. The summed E-state index contributed by atoms with van der Waals surface area (Å²) in [4.78, 5) is 15.7. The molecule has 1 fully saturated rings. The maximum atomic E-state index is 13.1. The van der Waals surface area contributed by atoms with Gasteiger partial charge in [-0.1, -0.05) is 42.7 Å². The lowest BCUT2D eigenvalue weighted by atomic mass is 10.0. The van der Waals surface area contributed by atoms with Crippen molar-refractivity contribution in [2.24, 2.45) is 0 Å². The van der Waals surface area contributed by atoms with Crippen molar-refractivity contribution in [3.63, 3.8) is 0 Å². The monoisotopic (exact) mass is 418 g/mol. The summed E-state index contributed by atoms with van der Waals surface area (Å²) >= 11 is 0. The van der Waals surface area contributed by atoms with Crippen LogP contribution in [0.15, 0.2) is 40.8 Å². The molecule has 0 bridgehead atoms. The van der Waals surface area contributed by atoms with Crippen LogP contribution in [0.5, 0.6) is 0 Å². The quantitative estimate of drug-likeness (QED) is 0.551. The zero-order chi connectivity index (χ0) is 22.0. The minimum Gasteiger partial charge on any atom is -0.451 e. The lowest BCUT2D eigenvalue weighted by Gasteiger charge is -2.31. The SMILES string of the molecule is Cc1ccc([C@H](CNC(=O)c2oc3cc(C)c(C)cc3c2C)N2CCCCCC2)cc1. The molecule has 3 aromatic rings. The van der Waals surface area contributed by atoms with Gasteiger partial charge in [0, 0.05) is 17.5 Å². The highest BCUT2D eigenvalue weighted by Crippen LogP contribution is 2.29. The van der Waals surface area contributed by atoms with E-state index in [0.29, 0.717) is 12.3 Å². The molecule has 1 amide bonds. The second-order valence-corrected chi connectivity index (χ2v) is 9.08. The molecule has 0 radical (unpaired) electrons. The molecule has 0 spiro atoms. The molecule has 1 aliphatic heterocycles. The Hall–Kier alpha value is -2.59. The predicted molar refractivity (Wildman–Crippen MR) is 127 cm³/mol. The largest absolute Gasteiger partial charge is 0.451 e. The van der Waals surface area contributed by atoms with E-state index >= 15 is 0 Å². The minimum atomic E-state index is -0.129. The summed E-state index contributed by atoms with van der Waals surface area (Å²) in [7, 11) is 0.